The van der Waals surface area contributed by atoms with Gasteiger partial charge in [-0.1, -0.05) is 12.1 Å². The van der Waals surface area contributed by atoms with Gasteiger partial charge in [0.2, 0.25) is 0 Å². The van der Waals surface area contributed by atoms with Crippen LogP contribution in [0.4, 0.5) is 36.2 Å². The van der Waals surface area contributed by atoms with Crippen LogP contribution in [0.1, 0.15) is 5.56 Å². The zero-order valence-corrected chi connectivity index (χ0v) is 22.5. The second-order valence-electron chi connectivity index (χ2n) is 8.02. The maximum absolute atomic E-state index is 12.8. The first-order chi connectivity index (χ1) is 19.0. The second-order valence-corrected chi connectivity index (χ2v) is 10.8. The lowest BCUT2D eigenvalue weighted by atomic mass is 10.2. The summed E-state index contributed by atoms with van der Waals surface area (Å²) in [6, 6.07) is 13.0. The predicted octanol–water partition coefficient (Wildman–Crippen LogP) is 3.97. The highest BCUT2D eigenvalue weighted by atomic mass is 32.2. The molecule has 17 heteroatoms. The van der Waals surface area contributed by atoms with Crippen LogP contribution >= 0.6 is 11.8 Å². The molecule has 0 aliphatic rings. The number of alkyl halides is 3. The molecule has 2 aromatic carbocycles. The zero-order valence-electron chi connectivity index (χ0n) is 20.8. The number of sulfonamides is 1. The van der Waals surface area contributed by atoms with E-state index in [9.17, 15) is 26.4 Å². The van der Waals surface area contributed by atoms with E-state index in [-0.39, 0.29) is 4.47 Å². The first-order valence-electron chi connectivity index (χ1n) is 11.2. The Bertz CT molecular complexity index is 1580. The summed E-state index contributed by atoms with van der Waals surface area (Å²) in [4.78, 5) is 23.6. The van der Waals surface area contributed by atoms with E-state index in [2.05, 4.69) is 35.6 Å². The molecule has 2 heterocycles. The van der Waals surface area contributed by atoms with Gasteiger partial charge in [0.25, 0.3) is 10.0 Å². The summed E-state index contributed by atoms with van der Waals surface area (Å²) in [7, 11) is -3.92. The molecule has 0 aliphatic carbocycles. The summed E-state index contributed by atoms with van der Waals surface area (Å²) >= 11 is 1.29. The standard InChI is InChI=1S/C23H21F3N8O4S2/c1-33(38-22(35)23(24,25)26)40(36,37)17-7-8-19(39-2)18(9-17)32-21-10-20(27-12-28-21)31-16-5-3-15(4-6-16)11-34-13-29-30-14-34/h3-10,12-14H,11H2,1-2H3,(H2,27,28,31,32). The smallest absolute Gasteiger partial charge is 0.345 e. The van der Waals surface area contributed by atoms with Crippen LogP contribution in [0.25, 0.3) is 0 Å². The maximum Gasteiger partial charge on any atom is 0.492 e. The van der Waals surface area contributed by atoms with E-state index in [1.165, 1.54) is 36.3 Å². The molecule has 0 atom stereocenters. The Morgan fingerprint density at radius 2 is 1.68 bits per heavy atom. The van der Waals surface area contributed by atoms with Gasteiger partial charge < -0.3 is 20.0 Å². The van der Waals surface area contributed by atoms with Crippen molar-refractivity contribution in [1.29, 1.82) is 0 Å². The van der Waals surface area contributed by atoms with E-state index in [1.807, 2.05) is 28.8 Å². The van der Waals surface area contributed by atoms with E-state index in [4.69, 9.17) is 0 Å². The minimum absolute atomic E-state index is 0.134. The average Bonchev–Trinajstić information content (AvgIpc) is 3.42. The number of carbonyl (C=O) groups is 1. The molecule has 0 saturated carbocycles. The van der Waals surface area contributed by atoms with Crippen molar-refractivity contribution in [2.45, 2.75) is 22.5 Å². The number of rotatable bonds is 10. The fourth-order valence-electron chi connectivity index (χ4n) is 3.30. The van der Waals surface area contributed by atoms with E-state index in [1.54, 1.807) is 25.0 Å². The Morgan fingerprint density at radius 1 is 1.02 bits per heavy atom. The molecule has 2 N–H and O–H groups in total. The molecule has 4 rings (SSSR count). The number of halogens is 3. The Balaban J connectivity index is 1.50. The summed E-state index contributed by atoms with van der Waals surface area (Å²) < 4.78 is 64.8. The Morgan fingerprint density at radius 3 is 2.30 bits per heavy atom. The predicted molar refractivity (Wildman–Crippen MR) is 139 cm³/mol. The molecule has 40 heavy (non-hydrogen) atoms. The number of nitrogens with zero attached hydrogens (tertiary/aromatic N) is 6. The highest BCUT2D eigenvalue weighted by molar-refractivity contribution is 7.98. The van der Waals surface area contributed by atoms with Crippen molar-refractivity contribution in [3.63, 3.8) is 0 Å². The fraction of sp³-hybridized carbons (Fsp3) is 0.174. The van der Waals surface area contributed by atoms with Gasteiger partial charge in [-0.2, -0.15) is 13.2 Å². The van der Waals surface area contributed by atoms with Crippen LogP contribution in [0.5, 0.6) is 0 Å². The van der Waals surface area contributed by atoms with Gasteiger partial charge in [0.05, 0.1) is 10.6 Å². The van der Waals surface area contributed by atoms with Gasteiger partial charge in [0, 0.05) is 30.2 Å². The molecule has 0 aliphatic heterocycles. The average molecular weight is 595 g/mol. The largest absolute Gasteiger partial charge is 0.492 e. The summed E-state index contributed by atoms with van der Waals surface area (Å²) in [5.74, 6) is -1.91. The van der Waals surface area contributed by atoms with Crippen LogP contribution < -0.4 is 10.6 Å². The number of carbonyl (C=O) groups excluding carboxylic acids is 1. The minimum Gasteiger partial charge on any atom is -0.345 e. The second kappa shape index (κ2) is 11.9. The number of benzene rings is 2. The molecule has 2 aromatic heterocycles. The van der Waals surface area contributed by atoms with Gasteiger partial charge >= 0.3 is 12.1 Å². The third-order valence-electron chi connectivity index (χ3n) is 5.24. The van der Waals surface area contributed by atoms with Crippen molar-refractivity contribution in [3.05, 3.63) is 73.1 Å². The molecule has 0 radical (unpaired) electrons. The lowest BCUT2D eigenvalue weighted by Gasteiger charge is -2.18. The molecule has 0 amide bonds. The summed E-state index contributed by atoms with van der Waals surface area (Å²) in [5.41, 5.74) is 2.09. The van der Waals surface area contributed by atoms with Gasteiger partial charge in [0.1, 0.15) is 30.6 Å². The molecule has 0 unspecified atom stereocenters. The van der Waals surface area contributed by atoms with Crippen molar-refractivity contribution in [2.24, 2.45) is 0 Å². The Kier molecular flexibility index (Phi) is 8.55. The molecule has 4 aromatic rings. The van der Waals surface area contributed by atoms with Crippen LogP contribution in [-0.2, 0) is 26.2 Å². The molecule has 0 fully saturated rings. The third kappa shape index (κ3) is 7.04. The van der Waals surface area contributed by atoms with Crippen molar-refractivity contribution in [1.82, 2.24) is 29.2 Å². The molecule has 210 valence electrons. The quantitative estimate of drug-likeness (QED) is 0.203. The van der Waals surface area contributed by atoms with Crippen molar-refractivity contribution in [3.8, 4) is 0 Å². The van der Waals surface area contributed by atoms with Gasteiger partial charge in [0.15, 0.2) is 0 Å². The van der Waals surface area contributed by atoms with E-state index >= 15 is 0 Å². The summed E-state index contributed by atoms with van der Waals surface area (Å²) in [5, 5.41) is 13.7. The van der Waals surface area contributed by atoms with Crippen LogP contribution in [0, 0.1) is 0 Å². The summed E-state index contributed by atoms with van der Waals surface area (Å²) in [6.07, 6.45) is 0.936. The van der Waals surface area contributed by atoms with E-state index in [0.717, 1.165) is 11.3 Å². The highest BCUT2D eigenvalue weighted by Crippen LogP contribution is 2.32. The van der Waals surface area contributed by atoms with Crippen LogP contribution in [-0.4, -0.2) is 63.1 Å². The molecule has 0 spiro atoms. The number of nitrogens with one attached hydrogen (secondary N) is 2. The molecule has 0 bridgehead atoms. The van der Waals surface area contributed by atoms with Crippen molar-refractivity contribution in [2.75, 3.05) is 23.9 Å². The first kappa shape index (κ1) is 28.8. The number of thioether (sulfide) groups is 1. The van der Waals surface area contributed by atoms with Crippen molar-refractivity contribution >= 4 is 50.8 Å². The minimum atomic E-state index is -5.36. The third-order valence-corrected chi connectivity index (χ3v) is 7.64. The SMILES string of the molecule is CSc1ccc(S(=O)(=O)N(C)OC(=O)C(F)(F)F)cc1Nc1cc(Nc2ccc(Cn3cnnc3)cc2)ncn1. The lowest BCUT2D eigenvalue weighted by Crippen LogP contribution is -2.36. The normalized spacial score (nSPS) is 11.8. The highest BCUT2D eigenvalue weighted by Gasteiger charge is 2.43. The van der Waals surface area contributed by atoms with Gasteiger partial charge in [-0.25, -0.2) is 23.2 Å². The van der Waals surface area contributed by atoms with Gasteiger partial charge in [-0.3, -0.25) is 0 Å². The lowest BCUT2D eigenvalue weighted by molar-refractivity contribution is -0.219. The summed E-state index contributed by atoms with van der Waals surface area (Å²) in [6.45, 7) is 0.613. The zero-order chi connectivity index (χ0) is 28.9. The topological polar surface area (TPSA) is 144 Å². The van der Waals surface area contributed by atoms with Crippen LogP contribution in [0.3, 0.4) is 0 Å². The van der Waals surface area contributed by atoms with E-state index in [0.29, 0.717) is 35.8 Å². The molecular weight excluding hydrogens is 573 g/mol. The van der Waals surface area contributed by atoms with Crippen molar-refractivity contribution < 1.29 is 31.2 Å². The molecule has 0 saturated heterocycles. The van der Waals surface area contributed by atoms with E-state index < -0.39 is 27.1 Å². The number of hydrogen-bond acceptors (Lipinski definition) is 11. The van der Waals surface area contributed by atoms with Crippen LogP contribution in [0.15, 0.2) is 77.3 Å². The Hall–Kier alpha value is -4.22. The number of anilines is 4. The Labute approximate surface area is 230 Å². The number of hydrogen-bond donors (Lipinski definition) is 2. The number of aromatic nitrogens is 5. The fourth-order valence-corrected chi connectivity index (χ4v) is 4.80. The monoisotopic (exact) mass is 594 g/mol. The maximum atomic E-state index is 12.8. The van der Waals surface area contributed by atoms with Gasteiger partial charge in [-0.05, 0) is 46.6 Å². The number of hydroxylamine groups is 1. The van der Waals surface area contributed by atoms with Crippen LogP contribution in [0.2, 0.25) is 0 Å². The van der Waals surface area contributed by atoms with Gasteiger partial charge in [-0.15, -0.1) is 22.0 Å². The molecule has 12 nitrogen and oxygen atoms in total. The molecular formula is C23H21F3N8O4S2. The first-order valence-corrected chi connectivity index (χ1v) is 13.9.